The quantitative estimate of drug-likeness (QED) is 0.796. The summed E-state index contributed by atoms with van der Waals surface area (Å²) in [6, 6.07) is 8.69. The summed E-state index contributed by atoms with van der Waals surface area (Å²) >= 11 is 3.49. The third kappa shape index (κ3) is 4.23. The number of rotatable bonds is 4. The largest absolute Gasteiger partial charge is 0.382 e. The number of hydrogen-bond donors (Lipinski definition) is 1. The van der Waals surface area contributed by atoms with Gasteiger partial charge < -0.3 is 5.32 Å². The second kappa shape index (κ2) is 6.54. The lowest BCUT2D eigenvalue weighted by Crippen LogP contribution is -2.16. The fraction of sp³-hybridized carbons (Fsp3) is 0.286. The highest BCUT2D eigenvalue weighted by atomic mass is 79.9. The molecule has 2 heteroatoms. The number of hydrogen-bond acceptors (Lipinski definition) is 1. The highest BCUT2D eigenvalue weighted by Gasteiger charge is 2.04. The van der Waals surface area contributed by atoms with E-state index in [1.165, 1.54) is 11.3 Å². The van der Waals surface area contributed by atoms with Crippen LogP contribution >= 0.6 is 15.9 Å². The first kappa shape index (κ1) is 13.0. The van der Waals surface area contributed by atoms with Crippen molar-refractivity contribution in [3.8, 4) is 0 Å². The summed E-state index contributed by atoms with van der Waals surface area (Å²) < 4.78 is 1.12. The van der Waals surface area contributed by atoms with Gasteiger partial charge in [-0.15, -0.1) is 0 Å². The Morgan fingerprint density at radius 3 is 2.81 bits per heavy atom. The molecular formula is C14H18BrN. The van der Waals surface area contributed by atoms with Crippen molar-refractivity contribution in [1.82, 2.24) is 5.32 Å². The first-order valence-corrected chi connectivity index (χ1v) is 6.24. The lowest BCUT2D eigenvalue weighted by molar-refractivity contribution is 0.653. The summed E-state index contributed by atoms with van der Waals surface area (Å²) in [6.07, 6.45) is 6.14. The van der Waals surface area contributed by atoms with E-state index in [2.05, 4.69) is 59.4 Å². The fourth-order valence-electron chi connectivity index (χ4n) is 1.49. The Hall–Kier alpha value is -1.02. The molecule has 0 aliphatic carbocycles. The summed E-state index contributed by atoms with van der Waals surface area (Å²) in [7, 11) is 0. The van der Waals surface area contributed by atoms with Gasteiger partial charge in [0, 0.05) is 16.2 Å². The zero-order valence-electron chi connectivity index (χ0n) is 10.00. The van der Waals surface area contributed by atoms with E-state index in [-0.39, 0.29) is 0 Å². The van der Waals surface area contributed by atoms with Crippen molar-refractivity contribution in [2.24, 2.45) is 0 Å². The van der Waals surface area contributed by atoms with E-state index in [9.17, 15) is 0 Å². The molecule has 0 spiro atoms. The normalized spacial score (nSPS) is 14.1. The summed E-state index contributed by atoms with van der Waals surface area (Å²) in [5, 5.41) is 3.45. The lowest BCUT2D eigenvalue weighted by Gasteiger charge is -2.16. The molecule has 0 aliphatic rings. The molecule has 0 saturated carbocycles. The van der Waals surface area contributed by atoms with Crippen molar-refractivity contribution in [3.63, 3.8) is 0 Å². The van der Waals surface area contributed by atoms with Crippen LogP contribution in [0.1, 0.15) is 32.4 Å². The van der Waals surface area contributed by atoms with Crippen molar-refractivity contribution in [2.75, 3.05) is 0 Å². The smallest absolute Gasteiger partial charge is 0.0482 e. The molecule has 1 N–H and O–H groups in total. The molecule has 0 saturated heterocycles. The fourth-order valence-corrected chi connectivity index (χ4v) is 1.91. The van der Waals surface area contributed by atoms with Crippen LogP contribution in [0.3, 0.4) is 0 Å². The zero-order chi connectivity index (χ0) is 12.0. The van der Waals surface area contributed by atoms with E-state index in [1.807, 2.05) is 25.1 Å². The van der Waals surface area contributed by atoms with E-state index in [0.717, 1.165) is 4.47 Å². The first-order valence-electron chi connectivity index (χ1n) is 5.45. The van der Waals surface area contributed by atoms with Crippen LogP contribution in [-0.4, -0.2) is 0 Å². The maximum Gasteiger partial charge on any atom is 0.0482 e. The number of halogens is 1. The first-order chi connectivity index (χ1) is 7.63. The third-order valence-corrected chi connectivity index (χ3v) is 2.82. The molecule has 1 atom stereocenters. The maximum absolute atomic E-state index is 3.49. The van der Waals surface area contributed by atoms with Gasteiger partial charge in [0.05, 0.1) is 0 Å². The van der Waals surface area contributed by atoms with Crippen molar-refractivity contribution in [3.05, 3.63) is 58.2 Å². The van der Waals surface area contributed by atoms with Gasteiger partial charge in [0.25, 0.3) is 0 Å². The highest BCUT2D eigenvalue weighted by Crippen LogP contribution is 2.18. The van der Waals surface area contributed by atoms with Crippen LogP contribution in [0.25, 0.3) is 0 Å². The van der Waals surface area contributed by atoms with Gasteiger partial charge in [-0.2, -0.15) is 0 Å². The van der Waals surface area contributed by atoms with Crippen molar-refractivity contribution >= 4 is 15.9 Å². The van der Waals surface area contributed by atoms with Gasteiger partial charge in [-0.05, 0) is 44.5 Å². The van der Waals surface area contributed by atoms with Gasteiger partial charge in [0.2, 0.25) is 0 Å². The minimum absolute atomic E-state index is 0.319. The van der Waals surface area contributed by atoms with E-state index in [4.69, 9.17) is 0 Å². The third-order valence-electron chi connectivity index (χ3n) is 2.33. The molecule has 0 aliphatic heterocycles. The molecule has 1 nitrogen and oxygen atoms in total. The Kier molecular flexibility index (Phi) is 5.33. The molecule has 0 bridgehead atoms. The highest BCUT2D eigenvalue weighted by molar-refractivity contribution is 9.10. The van der Waals surface area contributed by atoms with Gasteiger partial charge in [0.1, 0.15) is 0 Å². The molecule has 0 heterocycles. The van der Waals surface area contributed by atoms with Crippen LogP contribution in [0.5, 0.6) is 0 Å². The van der Waals surface area contributed by atoms with Gasteiger partial charge in [-0.25, -0.2) is 0 Å². The van der Waals surface area contributed by atoms with Crippen molar-refractivity contribution < 1.29 is 0 Å². The van der Waals surface area contributed by atoms with Crippen LogP contribution in [0.15, 0.2) is 52.7 Å². The van der Waals surface area contributed by atoms with Gasteiger partial charge >= 0.3 is 0 Å². The molecule has 1 aromatic rings. The predicted octanol–water partition coefficient (Wildman–Crippen LogP) is 4.58. The van der Waals surface area contributed by atoms with Crippen LogP contribution in [0.2, 0.25) is 0 Å². The molecule has 1 unspecified atom stereocenters. The molecule has 86 valence electrons. The molecule has 0 radical (unpaired) electrons. The van der Waals surface area contributed by atoms with Crippen LogP contribution < -0.4 is 5.32 Å². The summed E-state index contributed by atoms with van der Waals surface area (Å²) in [6.45, 7) is 6.25. The monoisotopic (exact) mass is 279 g/mol. The summed E-state index contributed by atoms with van der Waals surface area (Å²) in [5.74, 6) is 0. The minimum atomic E-state index is 0.319. The number of benzene rings is 1. The molecule has 0 fully saturated rings. The molecule has 16 heavy (non-hydrogen) atoms. The van der Waals surface area contributed by atoms with E-state index >= 15 is 0 Å². The van der Waals surface area contributed by atoms with Crippen molar-refractivity contribution in [1.29, 1.82) is 0 Å². The van der Waals surface area contributed by atoms with Crippen LogP contribution in [0, 0.1) is 0 Å². The zero-order valence-corrected chi connectivity index (χ0v) is 11.6. The van der Waals surface area contributed by atoms with Gasteiger partial charge in [0.15, 0.2) is 0 Å². The Morgan fingerprint density at radius 1 is 1.44 bits per heavy atom. The number of nitrogens with one attached hydrogen (secondary N) is 1. The second-order valence-electron chi connectivity index (χ2n) is 3.80. The topological polar surface area (TPSA) is 12.0 Å². The van der Waals surface area contributed by atoms with Gasteiger partial charge in [-0.3, -0.25) is 0 Å². The predicted molar refractivity (Wildman–Crippen MR) is 74.3 cm³/mol. The summed E-state index contributed by atoms with van der Waals surface area (Å²) in [4.78, 5) is 0. The average Bonchev–Trinajstić information content (AvgIpc) is 2.26. The SMILES string of the molecule is C/C=C\C=C(/C)NC(C)c1cccc(Br)c1. The average molecular weight is 280 g/mol. The lowest BCUT2D eigenvalue weighted by atomic mass is 10.1. The molecule has 1 aromatic carbocycles. The summed E-state index contributed by atoms with van der Waals surface area (Å²) in [5.41, 5.74) is 2.45. The molecule has 0 amide bonds. The maximum atomic E-state index is 3.49. The number of allylic oxidation sites excluding steroid dienone is 4. The van der Waals surface area contributed by atoms with Crippen LogP contribution in [0.4, 0.5) is 0 Å². The van der Waals surface area contributed by atoms with E-state index < -0.39 is 0 Å². The van der Waals surface area contributed by atoms with Crippen molar-refractivity contribution in [2.45, 2.75) is 26.8 Å². The Morgan fingerprint density at radius 2 is 2.19 bits per heavy atom. The minimum Gasteiger partial charge on any atom is -0.382 e. The van der Waals surface area contributed by atoms with E-state index in [0.29, 0.717) is 6.04 Å². The Labute approximate surface area is 106 Å². The molecule has 0 aromatic heterocycles. The Bertz CT molecular complexity index is 393. The molecular weight excluding hydrogens is 262 g/mol. The standard InChI is InChI=1S/C14H18BrN/c1-4-5-7-11(2)16-12(3)13-8-6-9-14(15)10-13/h4-10,12,16H,1-3H3/b5-4-,11-7+. The van der Waals surface area contributed by atoms with Gasteiger partial charge in [-0.1, -0.05) is 40.2 Å². The van der Waals surface area contributed by atoms with Crippen LogP contribution in [-0.2, 0) is 0 Å². The van der Waals surface area contributed by atoms with E-state index in [1.54, 1.807) is 0 Å². The Balaban J connectivity index is 2.68. The molecule has 1 rings (SSSR count). The second-order valence-corrected chi connectivity index (χ2v) is 4.71.